The summed E-state index contributed by atoms with van der Waals surface area (Å²) in [7, 11) is 1.87. The summed E-state index contributed by atoms with van der Waals surface area (Å²) in [5.74, 6) is 1.52. The van der Waals surface area contributed by atoms with E-state index in [9.17, 15) is 9.59 Å². The van der Waals surface area contributed by atoms with Gasteiger partial charge in [-0.1, -0.05) is 24.3 Å². The minimum atomic E-state index is -0.663. The molecule has 0 radical (unpaired) electrons. The summed E-state index contributed by atoms with van der Waals surface area (Å²) in [6.45, 7) is 4.95. The van der Waals surface area contributed by atoms with Crippen LogP contribution in [0.2, 0.25) is 0 Å². The standard InChI is InChI=1S/C27H29N7O4S/c1-17(35)3-4-18-5-7-19(8-6-18)24-30-22-13-21(39-23(22)25(31-24)34-9-11-38-12-10-34)16-33(2)27-28-14-20(15-29-27)26(36)32-37/h5-8,13-15,37H,3-4,9-12,16H2,1-2H3,(H,32,36). The van der Waals surface area contributed by atoms with E-state index in [1.807, 2.05) is 36.2 Å². The van der Waals surface area contributed by atoms with Gasteiger partial charge in [0, 0.05) is 49.4 Å². The number of Topliss-reactive ketones (excluding diaryl/α,β-unsaturated/α-hetero) is 1. The molecule has 4 aromatic rings. The lowest BCUT2D eigenvalue weighted by Gasteiger charge is -2.28. The van der Waals surface area contributed by atoms with Crippen molar-refractivity contribution in [2.24, 2.45) is 0 Å². The fourth-order valence-electron chi connectivity index (χ4n) is 4.31. The van der Waals surface area contributed by atoms with Crippen LogP contribution in [0.1, 0.15) is 34.1 Å². The first-order chi connectivity index (χ1) is 18.9. The van der Waals surface area contributed by atoms with Gasteiger partial charge in [0.15, 0.2) is 11.6 Å². The second-order valence-corrected chi connectivity index (χ2v) is 10.5. The van der Waals surface area contributed by atoms with Crippen LogP contribution in [0.4, 0.5) is 11.8 Å². The number of benzene rings is 1. The van der Waals surface area contributed by atoms with Crippen LogP contribution in [0.15, 0.2) is 42.7 Å². The summed E-state index contributed by atoms with van der Waals surface area (Å²) in [6.07, 6.45) is 3.99. The fraction of sp³-hybridized carbons (Fsp3) is 0.333. The number of carbonyl (C=O) groups excluding carboxylic acids is 2. The number of ether oxygens (including phenoxy) is 1. The van der Waals surface area contributed by atoms with E-state index in [0.29, 0.717) is 38.0 Å². The van der Waals surface area contributed by atoms with E-state index in [2.05, 4.69) is 20.9 Å². The van der Waals surface area contributed by atoms with Crippen molar-refractivity contribution in [3.8, 4) is 11.4 Å². The Morgan fingerprint density at radius 1 is 1.13 bits per heavy atom. The highest BCUT2D eigenvalue weighted by molar-refractivity contribution is 7.19. The molecule has 0 unspecified atom stereocenters. The molecule has 0 spiro atoms. The fourth-order valence-corrected chi connectivity index (χ4v) is 5.47. The van der Waals surface area contributed by atoms with Crippen LogP contribution in [0.5, 0.6) is 0 Å². The first-order valence-electron chi connectivity index (χ1n) is 12.6. The summed E-state index contributed by atoms with van der Waals surface area (Å²) < 4.78 is 6.59. The molecule has 4 heterocycles. The maximum Gasteiger partial charge on any atom is 0.277 e. The molecule has 1 fully saturated rings. The summed E-state index contributed by atoms with van der Waals surface area (Å²) in [5.41, 5.74) is 4.64. The zero-order valence-electron chi connectivity index (χ0n) is 21.8. The van der Waals surface area contributed by atoms with Crippen molar-refractivity contribution >= 4 is 45.0 Å². The molecule has 12 heteroatoms. The van der Waals surface area contributed by atoms with E-state index in [1.54, 1.807) is 23.7 Å². The average molecular weight is 548 g/mol. The molecule has 5 rings (SSSR count). The van der Waals surface area contributed by atoms with Gasteiger partial charge >= 0.3 is 0 Å². The van der Waals surface area contributed by atoms with Crippen molar-refractivity contribution in [3.63, 3.8) is 0 Å². The number of thiophene rings is 1. The average Bonchev–Trinajstić information content (AvgIpc) is 3.38. The number of nitrogens with one attached hydrogen (secondary N) is 1. The number of amides is 1. The Labute approximate surface area is 229 Å². The van der Waals surface area contributed by atoms with E-state index < -0.39 is 5.91 Å². The topological polar surface area (TPSA) is 134 Å². The summed E-state index contributed by atoms with van der Waals surface area (Å²) >= 11 is 1.63. The first-order valence-corrected chi connectivity index (χ1v) is 13.4. The number of ketones is 1. The number of fused-ring (bicyclic) bond motifs is 1. The number of aromatic nitrogens is 4. The number of anilines is 2. The molecule has 39 heavy (non-hydrogen) atoms. The molecular formula is C27H29N7O4S. The smallest absolute Gasteiger partial charge is 0.277 e. The number of rotatable bonds is 9. The van der Waals surface area contributed by atoms with E-state index in [0.717, 1.165) is 51.5 Å². The van der Waals surface area contributed by atoms with Gasteiger partial charge in [-0.15, -0.1) is 11.3 Å². The van der Waals surface area contributed by atoms with Gasteiger partial charge in [-0.2, -0.15) is 0 Å². The number of aryl methyl sites for hydroxylation is 1. The van der Waals surface area contributed by atoms with Crippen LogP contribution in [0.3, 0.4) is 0 Å². The van der Waals surface area contributed by atoms with E-state index in [4.69, 9.17) is 19.9 Å². The third kappa shape index (κ3) is 6.19. The number of hydroxylamine groups is 1. The molecule has 0 aliphatic carbocycles. The van der Waals surface area contributed by atoms with Gasteiger partial charge in [-0.25, -0.2) is 25.4 Å². The van der Waals surface area contributed by atoms with Crippen molar-refractivity contribution < 1.29 is 19.5 Å². The van der Waals surface area contributed by atoms with Crippen LogP contribution in [-0.2, 0) is 22.5 Å². The number of morpholine rings is 1. The molecule has 0 bridgehead atoms. The first kappa shape index (κ1) is 26.6. The van der Waals surface area contributed by atoms with Gasteiger partial charge < -0.3 is 19.3 Å². The zero-order chi connectivity index (χ0) is 27.4. The van der Waals surface area contributed by atoms with Crippen LogP contribution >= 0.6 is 11.3 Å². The Bertz CT molecular complexity index is 1470. The third-order valence-electron chi connectivity index (χ3n) is 6.43. The molecule has 0 saturated carbocycles. The van der Waals surface area contributed by atoms with Gasteiger partial charge in [-0.05, 0) is 25.0 Å². The maximum atomic E-state index is 11.6. The zero-order valence-corrected chi connectivity index (χ0v) is 22.6. The molecule has 2 N–H and O–H groups in total. The molecule has 1 amide bonds. The van der Waals surface area contributed by atoms with E-state index in [-0.39, 0.29) is 11.3 Å². The largest absolute Gasteiger partial charge is 0.378 e. The lowest BCUT2D eigenvalue weighted by molar-refractivity contribution is -0.116. The highest BCUT2D eigenvalue weighted by atomic mass is 32.1. The van der Waals surface area contributed by atoms with Crippen molar-refractivity contribution in [1.29, 1.82) is 0 Å². The Hall–Kier alpha value is -4.00. The molecule has 1 aliphatic rings. The van der Waals surface area contributed by atoms with Crippen LogP contribution < -0.4 is 15.3 Å². The van der Waals surface area contributed by atoms with E-state index >= 15 is 0 Å². The predicted molar refractivity (Wildman–Crippen MR) is 148 cm³/mol. The SMILES string of the molecule is CC(=O)CCc1ccc(-c2nc(N3CCOCC3)c3sc(CN(C)c4ncc(C(=O)NO)cn4)cc3n2)cc1. The lowest BCUT2D eigenvalue weighted by Crippen LogP contribution is -2.36. The van der Waals surface area contributed by atoms with Gasteiger partial charge in [0.1, 0.15) is 5.78 Å². The Morgan fingerprint density at radius 2 is 1.85 bits per heavy atom. The van der Waals surface area contributed by atoms with E-state index in [1.165, 1.54) is 12.4 Å². The Balaban J connectivity index is 1.44. The predicted octanol–water partition coefficient (Wildman–Crippen LogP) is 3.26. The molecule has 1 aliphatic heterocycles. The van der Waals surface area contributed by atoms with Crippen LogP contribution in [-0.4, -0.2) is 70.2 Å². The van der Waals surface area contributed by atoms with Gasteiger partial charge in [0.2, 0.25) is 5.95 Å². The molecule has 3 aromatic heterocycles. The second-order valence-electron chi connectivity index (χ2n) is 9.36. The number of hydrogen-bond acceptors (Lipinski definition) is 11. The molecule has 1 aromatic carbocycles. The third-order valence-corrected chi connectivity index (χ3v) is 7.53. The van der Waals surface area contributed by atoms with Gasteiger partial charge in [0.25, 0.3) is 5.91 Å². The lowest BCUT2D eigenvalue weighted by atomic mass is 10.1. The number of nitrogens with zero attached hydrogens (tertiary/aromatic N) is 6. The molecule has 202 valence electrons. The highest BCUT2D eigenvalue weighted by Crippen LogP contribution is 2.35. The normalized spacial score (nSPS) is 13.5. The summed E-state index contributed by atoms with van der Waals surface area (Å²) in [4.78, 5) is 46.5. The van der Waals surface area contributed by atoms with Crippen molar-refractivity contribution in [3.05, 3.63) is 58.7 Å². The Kier molecular flexibility index (Phi) is 8.05. The summed E-state index contributed by atoms with van der Waals surface area (Å²) in [6, 6.07) is 10.2. The molecule has 11 nitrogen and oxygen atoms in total. The van der Waals surface area contributed by atoms with Crippen LogP contribution in [0, 0.1) is 0 Å². The van der Waals surface area contributed by atoms with Crippen molar-refractivity contribution in [1.82, 2.24) is 25.4 Å². The minimum absolute atomic E-state index is 0.168. The quantitative estimate of drug-likeness (QED) is 0.238. The number of hydrogen-bond donors (Lipinski definition) is 2. The Morgan fingerprint density at radius 3 is 2.51 bits per heavy atom. The van der Waals surface area contributed by atoms with Crippen LogP contribution in [0.25, 0.3) is 21.6 Å². The van der Waals surface area contributed by atoms with Gasteiger partial charge in [0.05, 0.1) is 35.5 Å². The maximum absolute atomic E-state index is 11.6. The second kappa shape index (κ2) is 11.8. The molecule has 0 atom stereocenters. The van der Waals surface area contributed by atoms with Crippen molar-refractivity contribution in [2.45, 2.75) is 26.3 Å². The summed E-state index contributed by atoms with van der Waals surface area (Å²) in [5, 5.41) is 8.79. The van der Waals surface area contributed by atoms with Gasteiger partial charge in [-0.3, -0.25) is 10.0 Å². The number of carbonyl (C=O) groups is 2. The molecular weight excluding hydrogens is 518 g/mol. The minimum Gasteiger partial charge on any atom is -0.378 e. The highest BCUT2D eigenvalue weighted by Gasteiger charge is 2.21. The monoisotopic (exact) mass is 547 g/mol. The van der Waals surface area contributed by atoms with Crippen molar-refractivity contribution in [2.75, 3.05) is 43.2 Å². The molecule has 1 saturated heterocycles.